The molecule has 71 heavy (non-hydrogen) atoms. The smallest absolute Gasteiger partial charge is 0.305 e. The molecule has 0 aromatic rings. The van der Waals surface area contributed by atoms with Crippen molar-refractivity contribution in [3.63, 3.8) is 0 Å². The molecule has 0 aliphatic rings. The van der Waals surface area contributed by atoms with Crippen molar-refractivity contribution < 1.29 is 24.5 Å². The Kier molecular flexibility index (Phi) is 59.9. The minimum atomic E-state index is -0.661. The van der Waals surface area contributed by atoms with Gasteiger partial charge in [0.25, 0.3) is 0 Å². The van der Waals surface area contributed by atoms with Gasteiger partial charge in [-0.1, -0.05) is 315 Å². The standard InChI is InChI=1S/C65H127NO5/c1-3-5-7-9-11-13-15-16-32-36-39-43-47-51-55-59-65(70)71-60-56-52-48-44-40-37-34-31-29-27-25-23-21-19-17-18-20-22-24-26-28-30-33-35-38-42-46-50-54-58-64(69)66-62(61-67)63(68)57-53-49-45-41-14-12-10-8-6-4-2/h17,19,62-63,67-68H,3-16,18,20-61H2,1-2H3,(H,66,69)/b19-17-. The van der Waals surface area contributed by atoms with E-state index in [0.717, 1.165) is 38.5 Å². The van der Waals surface area contributed by atoms with E-state index in [4.69, 9.17) is 4.74 Å². The molecule has 2 atom stereocenters. The maximum Gasteiger partial charge on any atom is 0.305 e. The lowest BCUT2D eigenvalue weighted by atomic mass is 10.0. The van der Waals surface area contributed by atoms with E-state index in [-0.39, 0.29) is 18.5 Å². The van der Waals surface area contributed by atoms with Crippen molar-refractivity contribution in [1.29, 1.82) is 0 Å². The van der Waals surface area contributed by atoms with Crippen molar-refractivity contribution in [2.75, 3.05) is 13.2 Å². The SMILES string of the molecule is CCCCCCCCCCCCCCCCCC(=O)OCCCCCCCCCCCCCC/C=C\CCCCCCCCCCCCCCCC(=O)NC(CO)C(O)CCCCCCCCCCCC. The number of allylic oxidation sites excluding steroid dienone is 2. The predicted octanol–water partition coefficient (Wildman–Crippen LogP) is 20.4. The number of hydrogen-bond donors (Lipinski definition) is 3. The number of nitrogens with one attached hydrogen (secondary N) is 1. The number of aliphatic hydroxyl groups excluding tert-OH is 2. The van der Waals surface area contributed by atoms with E-state index >= 15 is 0 Å². The molecule has 0 spiro atoms. The summed E-state index contributed by atoms with van der Waals surface area (Å²) in [7, 11) is 0. The Balaban J connectivity index is 3.33. The third-order valence-corrected chi connectivity index (χ3v) is 15.3. The second kappa shape index (κ2) is 61.1. The number of esters is 1. The van der Waals surface area contributed by atoms with Crippen molar-refractivity contribution in [2.45, 2.75) is 379 Å². The summed E-state index contributed by atoms with van der Waals surface area (Å²) in [6.07, 6.45) is 73.9. The quantitative estimate of drug-likeness (QED) is 0.0320. The van der Waals surface area contributed by atoms with Gasteiger partial charge >= 0.3 is 5.97 Å². The summed E-state index contributed by atoms with van der Waals surface area (Å²) in [5.41, 5.74) is 0. The Labute approximate surface area is 444 Å². The summed E-state index contributed by atoms with van der Waals surface area (Å²) in [6.45, 7) is 4.97. The van der Waals surface area contributed by atoms with Crippen molar-refractivity contribution in [3.05, 3.63) is 12.2 Å². The summed E-state index contributed by atoms with van der Waals surface area (Å²) < 4.78 is 5.49. The van der Waals surface area contributed by atoms with Gasteiger partial charge in [-0.3, -0.25) is 9.59 Å². The van der Waals surface area contributed by atoms with Gasteiger partial charge in [-0.15, -0.1) is 0 Å². The highest BCUT2D eigenvalue weighted by Crippen LogP contribution is 2.18. The van der Waals surface area contributed by atoms with Crippen LogP contribution in [0.2, 0.25) is 0 Å². The minimum Gasteiger partial charge on any atom is -0.466 e. The lowest BCUT2D eigenvalue weighted by Gasteiger charge is -2.22. The third kappa shape index (κ3) is 57.7. The molecule has 0 bridgehead atoms. The second-order valence-electron chi connectivity index (χ2n) is 22.5. The van der Waals surface area contributed by atoms with Gasteiger partial charge in [-0.2, -0.15) is 0 Å². The highest BCUT2D eigenvalue weighted by molar-refractivity contribution is 5.76. The number of aliphatic hydroxyl groups is 2. The molecular formula is C65H127NO5. The van der Waals surface area contributed by atoms with E-state index in [1.54, 1.807) is 0 Å². The first-order chi connectivity index (χ1) is 35.0. The molecule has 0 aliphatic heterocycles. The van der Waals surface area contributed by atoms with Gasteiger partial charge in [0.1, 0.15) is 0 Å². The molecule has 422 valence electrons. The van der Waals surface area contributed by atoms with E-state index in [9.17, 15) is 19.8 Å². The van der Waals surface area contributed by atoms with E-state index in [1.165, 1.54) is 295 Å². The topological polar surface area (TPSA) is 95.9 Å². The van der Waals surface area contributed by atoms with Crippen LogP contribution in [0.5, 0.6) is 0 Å². The van der Waals surface area contributed by atoms with Crippen LogP contribution in [0.15, 0.2) is 12.2 Å². The van der Waals surface area contributed by atoms with Crippen LogP contribution in [0, 0.1) is 0 Å². The first kappa shape index (κ1) is 69.6. The fourth-order valence-electron chi connectivity index (χ4n) is 10.3. The number of hydrogen-bond acceptors (Lipinski definition) is 5. The van der Waals surface area contributed by atoms with E-state index in [0.29, 0.717) is 25.9 Å². The largest absolute Gasteiger partial charge is 0.466 e. The summed E-state index contributed by atoms with van der Waals surface area (Å²) in [5.74, 6) is -0.0141. The molecule has 0 aliphatic carbocycles. The highest BCUT2D eigenvalue weighted by atomic mass is 16.5. The number of carbonyl (C=O) groups excluding carboxylic acids is 2. The molecule has 0 aromatic carbocycles. The van der Waals surface area contributed by atoms with Crippen LogP contribution in [-0.2, 0) is 14.3 Å². The molecule has 1 amide bonds. The Bertz CT molecular complexity index is 1060. The Hall–Kier alpha value is -1.40. The maximum absolute atomic E-state index is 12.4. The molecule has 0 rings (SSSR count). The van der Waals surface area contributed by atoms with E-state index in [2.05, 4.69) is 31.3 Å². The average Bonchev–Trinajstić information content (AvgIpc) is 3.37. The molecule has 6 heteroatoms. The van der Waals surface area contributed by atoms with E-state index < -0.39 is 12.1 Å². The molecule has 6 nitrogen and oxygen atoms in total. The van der Waals surface area contributed by atoms with Crippen LogP contribution in [0.25, 0.3) is 0 Å². The van der Waals surface area contributed by atoms with Gasteiger partial charge in [0, 0.05) is 12.8 Å². The zero-order valence-electron chi connectivity index (χ0n) is 48.2. The summed E-state index contributed by atoms with van der Waals surface area (Å²) in [5, 5.41) is 23.2. The zero-order chi connectivity index (χ0) is 51.4. The first-order valence-corrected chi connectivity index (χ1v) is 32.4. The lowest BCUT2D eigenvalue weighted by Crippen LogP contribution is -2.45. The number of carbonyl (C=O) groups is 2. The monoisotopic (exact) mass is 1000 g/mol. The Morgan fingerprint density at radius 1 is 0.380 bits per heavy atom. The van der Waals surface area contributed by atoms with Gasteiger partial charge in [0.15, 0.2) is 0 Å². The van der Waals surface area contributed by atoms with Crippen molar-refractivity contribution in [1.82, 2.24) is 5.32 Å². The van der Waals surface area contributed by atoms with Crippen molar-refractivity contribution >= 4 is 11.9 Å². The molecule has 0 heterocycles. The summed E-state index contributed by atoms with van der Waals surface area (Å²) >= 11 is 0. The van der Waals surface area contributed by atoms with Gasteiger partial charge < -0.3 is 20.3 Å². The Morgan fingerprint density at radius 3 is 1.00 bits per heavy atom. The second-order valence-corrected chi connectivity index (χ2v) is 22.5. The molecule has 0 saturated carbocycles. The number of unbranched alkanes of at least 4 members (excludes halogenated alkanes) is 48. The Morgan fingerprint density at radius 2 is 0.662 bits per heavy atom. The fourth-order valence-corrected chi connectivity index (χ4v) is 10.3. The van der Waals surface area contributed by atoms with Gasteiger partial charge in [-0.05, 0) is 51.4 Å². The van der Waals surface area contributed by atoms with Crippen LogP contribution < -0.4 is 5.32 Å². The number of rotatable bonds is 61. The molecule has 0 saturated heterocycles. The first-order valence-electron chi connectivity index (χ1n) is 32.4. The predicted molar refractivity (Wildman–Crippen MR) is 310 cm³/mol. The van der Waals surface area contributed by atoms with E-state index in [1.807, 2.05) is 0 Å². The minimum absolute atomic E-state index is 0.0200. The van der Waals surface area contributed by atoms with Crippen LogP contribution in [0.1, 0.15) is 367 Å². The van der Waals surface area contributed by atoms with Crippen molar-refractivity contribution in [3.8, 4) is 0 Å². The van der Waals surface area contributed by atoms with Crippen molar-refractivity contribution in [2.24, 2.45) is 0 Å². The van der Waals surface area contributed by atoms with Gasteiger partial charge in [0.05, 0.1) is 25.4 Å². The zero-order valence-corrected chi connectivity index (χ0v) is 48.2. The molecule has 2 unspecified atom stereocenters. The number of amides is 1. The highest BCUT2D eigenvalue weighted by Gasteiger charge is 2.20. The molecule has 0 fully saturated rings. The maximum atomic E-state index is 12.4. The summed E-state index contributed by atoms with van der Waals surface area (Å²) in [4.78, 5) is 24.5. The average molecular weight is 1000 g/mol. The number of ether oxygens (including phenoxy) is 1. The van der Waals surface area contributed by atoms with Gasteiger partial charge in [-0.25, -0.2) is 0 Å². The normalized spacial score (nSPS) is 12.6. The summed E-state index contributed by atoms with van der Waals surface area (Å²) in [6, 6.07) is -0.538. The van der Waals surface area contributed by atoms with Crippen LogP contribution >= 0.6 is 0 Å². The molecule has 0 radical (unpaired) electrons. The van der Waals surface area contributed by atoms with Gasteiger partial charge in [0.2, 0.25) is 5.91 Å². The van der Waals surface area contributed by atoms with Crippen LogP contribution in [-0.4, -0.2) is 47.4 Å². The fraction of sp³-hybridized carbons (Fsp3) is 0.938. The lowest BCUT2D eigenvalue weighted by molar-refractivity contribution is -0.143. The molecule has 3 N–H and O–H groups in total. The molecule has 0 aromatic heterocycles. The van der Waals surface area contributed by atoms with Crippen LogP contribution in [0.4, 0.5) is 0 Å². The third-order valence-electron chi connectivity index (χ3n) is 15.3. The molecular weight excluding hydrogens is 875 g/mol. The van der Waals surface area contributed by atoms with Crippen LogP contribution in [0.3, 0.4) is 0 Å².